The molecular weight excluding hydrogens is 394 g/mol. The van der Waals surface area contributed by atoms with Crippen LogP contribution in [0.4, 0.5) is 0 Å². The highest BCUT2D eigenvalue weighted by atomic mass is 32.2. The minimum absolute atomic E-state index is 0.733. The quantitative estimate of drug-likeness (QED) is 0.369. The van der Waals surface area contributed by atoms with Gasteiger partial charge >= 0.3 is 0 Å². The second-order valence-corrected chi connectivity index (χ2v) is 7.75. The Morgan fingerprint density at radius 1 is 0.833 bits per heavy atom. The summed E-state index contributed by atoms with van der Waals surface area (Å²) < 4.78 is 12.9. The van der Waals surface area contributed by atoms with Gasteiger partial charge in [-0.1, -0.05) is 47.7 Å². The molecule has 4 rings (SSSR count). The molecule has 0 aliphatic rings. The number of ether oxygens (including phenoxy) is 2. The molecule has 5 nitrogen and oxygen atoms in total. The Balaban J connectivity index is 1.72. The summed E-state index contributed by atoms with van der Waals surface area (Å²) in [5.41, 5.74) is 4.34. The maximum Gasteiger partial charge on any atom is 0.196 e. The van der Waals surface area contributed by atoms with Crippen molar-refractivity contribution in [2.45, 2.75) is 17.8 Å². The van der Waals surface area contributed by atoms with Crippen LogP contribution in [0, 0.1) is 6.92 Å². The van der Waals surface area contributed by atoms with Gasteiger partial charge in [0.25, 0.3) is 0 Å². The third-order valence-corrected chi connectivity index (χ3v) is 5.80. The first-order valence-corrected chi connectivity index (χ1v) is 10.6. The number of benzene rings is 3. The summed E-state index contributed by atoms with van der Waals surface area (Å²) in [6, 6.07) is 24.3. The number of rotatable bonds is 7. The maximum atomic E-state index is 5.49. The molecule has 0 spiro atoms. The van der Waals surface area contributed by atoms with Crippen LogP contribution in [-0.2, 0) is 5.75 Å². The summed E-state index contributed by atoms with van der Waals surface area (Å²) in [4.78, 5) is 0. The highest BCUT2D eigenvalue weighted by molar-refractivity contribution is 7.98. The molecule has 0 aliphatic carbocycles. The monoisotopic (exact) mass is 417 g/mol. The number of hydrogen-bond donors (Lipinski definition) is 0. The lowest BCUT2D eigenvalue weighted by Gasteiger charge is -2.12. The van der Waals surface area contributed by atoms with E-state index in [0.717, 1.165) is 45.0 Å². The Kier molecular flexibility index (Phi) is 6.05. The van der Waals surface area contributed by atoms with Gasteiger partial charge in [0, 0.05) is 22.6 Å². The van der Waals surface area contributed by atoms with E-state index < -0.39 is 0 Å². The second kappa shape index (κ2) is 9.05. The molecule has 0 amide bonds. The first-order chi connectivity index (χ1) is 14.7. The predicted molar refractivity (Wildman–Crippen MR) is 121 cm³/mol. The minimum Gasteiger partial charge on any atom is -0.497 e. The van der Waals surface area contributed by atoms with Crippen LogP contribution in [-0.4, -0.2) is 29.0 Å². The lowest BCUT2D eigenvalue weighted by Crippen LogP contribution is -2.00. The van der Waals surface area contributed by atoms with Crippen molar-refractivity contribution < 1.29 is 9.47 Å². The van der Waals surface area contributed by atoms with Crippen molar-refractivity contribution in [3.63, 3.8) is 0 Å². The average Bonchev–Trinajstić information content (AvgIpc) is 3.22. The molecular formula is C24H23N3O2S. The summed E-state index contributed by atoms with van der Waals surface area (Å²) in [5, 5.41) is 9.85. The Morgan fingerprint density at radius 3 is 2.27 bits per heavy atom. The third-order valence-electron chi connectivity index (χ3n) is 4.82. The van der Waals surface area contributed by atoms with Gasteiger partial charge in [0.05, 0.1) is 14.2 Å². The molecule has 30 heavy (non-hydrogen) atoms. The minimum atomic E-state index is 0.733. The van der Waals surface area contributed by atoms with Crippen molar-refractivity contribution in [2.24, 2.45) is 0 Å². The number of thioether (sulfide) groups is 1. The van der Waals surface area contributed by atoms with Crippen molar-refractivity contribution in [1.82, 2.24) is 14.8 Å². The molecule has 0 atom stereocenters. The van der Waals surface area contributed by atoms with Crippen molar-refractivity contribution in [1.29, 1.82) is 0 Å². The molecule has 0 unspecified atom stereocenters. The van der Waals surface area contributed by atoms with Crippen LogP contribution in [0.5, 0.6) is 11.5 Å². The van der Waals surface area contributed by atoms with Crippen molar-refractivity contribution in [2.75, 3.05) is 14.2 Å². The van der Waals surface area contributed by atoms with E-state index in [1.807, 2.05) is 42.5 Å². The summed E-state index contributed by atoms with van der Waals surface area (Å²) >= 11 is 1.64. The van der Waals surface area contributed by atoms with Crippen molar-refractivity contribution in [3.8, 4) is 28.6 Å². The zero-order valence-corrected chi connectivity index (χ0v) is 18.0. The van der Waals surface area contributed by atoms with Crippen LogP contribution < -0.4 is 9.47 Å². The largest absolute Gasteiger partial charge is 0.497 e. The van der Waals surface area contributed by atoms with E-state index in [0.29, 0.717) is 0 Å². The summed E-state index contributed by atoms with van der Waals surface area (Å²) in [5.74, 6) is 3.22. The maximum absolute atomic E-state index is 5.49. The van der Waals surface area contributed by atoms with Crippen LogP contribution >= 0.6 is 11.8 Å². The summed E-state index contributed by atoms with van der Waals surface area (Å²) in [6.07, 6.45) is 0. The van der Waals surface area contributed by atoms with Crippen LogP contribution in [0.1, 0.15) is 11.1 Å². The Bertz CT molecular complexity index is 1120. The molecule has 1 heterocycles. The van der Waals surface area contributed by atoms with Gasteiger partial charge in [-0.05, 0) is 49.4 Å². The Morgan fingerprint density at radius 2 is 1.57 bits per heavy atom. The summed E-state index contributed by atoms with van der Waals surface area (Å²) in [7, 11) is 3.36. The van der Waals surface area contributed by atoms with E-state index in [2.05, 4.69) is 52.0 Å². The number of para-hydroxylation sites is 1. The zero-order valence-electron chi connectivity index (χ0n) is 17.2. The van der Waals surface area contributed by atoms with Crippen molar-refractivity contribution >= 4 is 11.8 Å². The number of nitrogens with zero attached hydrogens (tertiary/aromatic N) is 3. The molecule has 0 radical (unpaired) electrons. The molecule has 1 aromatic heterocycles. The fraction of sp³-hybridized carbons (Fsp3) is 0.167. The van der Waals surface area contributed by atoms with E-state index in [-0.39, 0.29) is 0 Å². The highest BCUT2D eigenvalue weighted by Gasteiger charge is 2.17. The number of aromatic nitrogens is 3. The van der Waals surface area contributed by atoms with E-state index in [9.17, 15) is 0 Å². The molecule has 0 N–H and O–H groups in total. The van der Waals surface area contributed by atoms with Crippen LogP contribution in [0.15, 0.2) is 78.0 Å². The fourth-order valence-corrected chi connectivity index (χ4v) is 4.12. The molecule has 6 heteroatoms. The molecule has 0 fully saturated rings. The van der Waals surface area contributed by atoms with Crippen LogP contribution in [0.25, 0.3) is 17.1 Å². The van der Waals surface area contributed by atoms with Crippen LogP contribution in [0.2, 0.25) is 0 Å². The normalized spacial score (nSPS) is 10.8. The number of hydrogen-bond acceptors (Lipinski definition) is 5. The topological polar surface area (TPSA) is 49.2 Å². The van der Waals surface area contributed by atoms with Gasteiger partial charge in [-0.3, -0.25) is 4.57 Å². The Labute approximate surface area is 180 Å². The van der Waals surface area contributed by atoms with E-state index in [1.165, 1.54) is 5.56 Å². The smallest absolute Gasteiger partial charge is 0.196 e. The first-order valence-electron chi connectivity index (χ1n) is 9.61. The lowest BCUT2D eigenvalue weighted by atomic mass is 10.2. The fourth-order valence-electron chi connectivity index (χ4n) is 3.18. The molecule has 0 saturated heterocycles. The highest BCUT2D eigenvalue weighted by Crippen LogP contribution is 2.32. The Hall–Kier alpha value is -3.25. The van der Waals surface area contributed by atoms with E-state index in [1.54, 1.807) is 26.0 Å². The average molecular weight is 418 g/mol. The number of aryl methyl sites for hydroxylation is 1. The molecule has 3 aromatic carbocycles. The van der Waals surface area contributed by atoms with Crippen molar-refractivity contribution in [3.05, 3.63) is 83.9 Å². The van der Waals surface area contributed by atoms with Gasteiger partial charge in [0.2, 0.25) is 0 Å². The summed E-state index contributed by atoms with van der Waals surface area (Å²) in [6.45, 7) is 2.08. The van der Waals surface area contributed by atoms with E-state index in [4.69, 9.17) is 9.47 Å². The predicted octanol–water partition coefficient (Wildman–Crippen LogP) is 5.55. The van der Waals surface area contributed by atoms with Gasteiger partial charge in [-0.25, -0.2) is 0 Å². The van der Waals surface area contributed by atoms with Gasteiger partial charge in [-0.2, -0.15) is 0 Å². The third kappa shape index (κ3) is 4.19. The van der Waals surface area contributed by atoms with Crippen LogP contribution in [0.3, 0.4) is 0 Å². The lowest BCUT2D eigenvalue weighted by molar-refractivity contribution is 0.411. The number of methoxy groups -OCH3 is 2. The van der Waals surface area contributed by atoms with Gasteiger partial charge in [-0.15, -0.1) is 10.2 Å². The molecule has 152 valence electrons. The van der Waals surface area contributed by atoms with Gasteiger partial charge < -0.3 is 9.47 Å². The van der Waals surface area contributed by atoms with Gasteiger partial charge in [0.1, 0.15) is 11.5 Å². The molecule has 4 aromatic rings. The standard InChI is InChI=1S/C24H23N3O2S/c1-17-8-12-20(13-9-17)27-23(18-10-14-21(28-2)15-11-18)25-26-24(27)30-16-19-6-4-5-7-22(19)29-3/h4-15H,16H2,1-3H3. The molecule has 0 aliphatic heterocycles. The zero-order chi connectivity index (χ0) is 20.9. The van der Waals surface area contributed by atoms with E-state index >= 15 is 0 Å². The molecule has 0 bridgehead atoms. The van der Waals surface area contributed by atoms with Gasteiger partial charge in [0.15, 0.2) is 11.0 Å². The first kappa shape index (κ1) is 20.0. The SMILES string of the molecule is COc1ccc(-c2nnc(SCc3ccccc3OC)n2-c2ccc(C)cc2)cc1. The second-order valence-electron chi connectivity index (χ2n) is 6.81. The molecule has 0 saturated carbocycles.